The van der Waals surface area contributed by atoms with Crippen molar-refractivity contribution in [2.75, 3.05) is 12.3 Å². The molecular weight excluding hydrogens is 294 g/mol. The third kappa shape index (κ3) is 5.63. The van der Waals surface area contributed by atoms with Crippen LogP contribution in [0.2, 0.25) is 0 Å². The maximum atomic E-state index is 11.9. The van der Waals surface area contributed by atoms with Crippen molar-refractivity contribution >= 4 is 27.1 Å². The van der Waals surface area contributed by atoms with E-state index in [2.05, 4.69) is 11.4 Å². The van der Waals surface area contributed by atoms with Gasteiger partial charge in [-0.15, -0.1) is 11.3 Å². The summed E-state index contributed by atoms with van der Waals surface area (Å²) < 4.78 is 22.9. The molecule has 0 unspecified atom stereocenters. The Morgan fingerprint density at radius 3 is 2.60 bits per heavy atom. The molecule has 1 aromatic heterocycles. The number of hydrogen-bond donors (Lipinski definition) is 1. The topological polar surface area (TPSA) is 63.2 Å². The van der Waals surface area contributed by atoms with Gasteiger partial charge >= 0.3 is 0 Å². The van der Waals surface area contributed by atoms with Crippen LogP contribution in [0.15, 0.2) is 17.5 Å². The van der Waals surface area contributed by atoms with E-state index in [1.165, 1.54) is 4.88 Å². The van der Waals surface area contributed by atoms with E-state index in [1.54, 1.807) is 32.1 Å². The van der Waals surface area contributed by atoms with E-state index in [-0.39, 0.29) is 18.2 Å². The molecule has 0 bridgehead atoms. The first kappa shape index (κ1) is 17.2. The third-order valence-corrected chi connectivity index (χ3v) is 6.58. The molecule has 0 aromatic carbocycles. The van der Waals surface area contributed by atoms with Gasteiger partial charge in [0.05, 0.1) is 10.5 Å². The van der Waals surface area contributed by atoms with E-state index in [4.69, 9.17) is 0 Å². The number of amides is 1. The average molecular weight is 317 g/mol. The minimum absolute atomic E-state index is 0.00678. The number of thiophene rings is 1. The fourth-order valence-corrected chi connectivity index (χ4v) is 3.33. The normalized spacial score (nSPS) is 12.3. The zero-order chi connectivity index (χ0) is 15.2. The zero-order valence-corrected chi connectivity index (χ0v) is 13.9. The fourth-order valence-electron chi connectivity index (χ4n) is 1.60. The number of nitrogens with one attached hydrogen (secondary N) is 1. The molecule has 0 aliphatic rings. The van der Waals surface area contributed by atoms with Crippen molar-refractivity contribution < 1.29 is 13.2 Å². The highest BCUT2D eigenvalue weighted by atomic mass is 32.2. The Morgan fingerprint density at radius 2 is 2.05 bits per heavy atom. The SMILES string of the molecule is CC(C)(C)S(=O)(=O)CCNC(=O)CCCc1cccs1. The van der Waals surface area contributed by atoms with Crippen molar-refractivity contribution in [1.29, 1.82) is 0 Å². The van der Waals surface area contributed by atoms with E-state index < -0.39 is 14.6 Å². The van der Waals surface area contributed by atoms with Crippen molar-refractivity contribution in [1.82, 2.24) is 5.32 Å². The molecular formula is C14H23NO3S2. The van der Waals surface area contributed by atoms with Gasteiger partial charge in [0, 0.05) is 17.8 Å². The largest absolute Gasteiger partial charge is 0.355 e. The number of rotatable bonds is 7. The molecule has 1 heterocycles. The minimum Gasteiger partial charge on any atom is -0.355 e. The fraction of sp³-hybridized carbons (Fsp3) is 0.643. The van der Waals surface area contributed by atoms with Crippen LogP contribution in [0.5, 0.6) is 0 Å². The highest BCUT2D eigenvalue weighted by Gasteiger charge is 2.28. The standard InChI is InChI=1S/C14H23NO3S2/c1-14(2,3)20(17,18)11-9-15-13(16)8-4-6-12-7-5-10-19-12/h5,7,10H,4,6,8-9,11H2,1-3H3,(H,15,16). The van der Waals surface area contributed by atoms with Crippen molar-refractivity contribution in [3.05, 3.63) is 22.4 Å². The number of hydrogen-bond acceptors (Lipinski definition) is 4. The first-order chi connectivity index (χ1) is 9.22. The second-order valence-corrected chi connectivity index (χ2v) is 9.61. The van der Waals surface area contributed by atoms with Gasteiger partial charge in [-0.1, -0.05) is 6.07 Å². The predicted molar refractivity (Wildman–Crippen MR) is 83.8 cm³/mol. The van der Waals surface area contributed by atoms with Crippen molar-refractivity contribution in [2.24, 2.45) is 0 Å². The molecule has 0 saturated carbocycles. The highest BCUT2D eigenvalue weighted by molar-refractivity contribution is 7.92. The van der Waals surface area contributed by atoms with Crippen LogP contribution < -0.4 is 5.32 Å². The summed E-state index contributed by atoms with van der Waals surface area (Å²) >= 11 is 1.69. The quantitative estimate of drug-likeness (QED) is 0.840. The Morgan fingerprint density at radius 1 is 1.35 bits per heavy atom. The molecule has 0 spiro atoms. The summed E-state index contributed by atoms with van der Waals surface area (Å²) in [5, 5.41) is 4.70. The summed E-state index contributed by atoms with van der Waals surface area (Å²) in [5.74, 6) is -0.0849. The summed E-state index contributed by atoms with van der Waals surface area (Å²) in [6, 6.07) is 4.05. The Labute approximate surface area is 125 Å². The zero-order valence-electron chi connectivity index (χ0n) is 12.3. The second-order valence-electron chi connectivity index (χ2n) is 5.71. The van der Waals surface area contributed by atoms with Gasteiger partial charge in [-0.05, 0) is 45.1 Å². The summed E-state index contributed by atoms with van der Waals surface area (Å²) in [5.41, 5.74) is 0. The first-order valence-corrected chi connectivity index (χ1v) is 9.27. The molecule has 4 nitrogen and oxygen atoms in total. The van der Waals surface area contributed by atoms with Crippen LogP contribution in [0.3, 0.4) is 0 Å². The van der Waals surface area contributed by atoms with Crippen molar-refractivity contribution in [3.8, 4) is 0 Å². The smallest absolute Gasteiger partial charge is 0.220 e. The molecule has 1 N–H and O–H groups in total. The van der Waals surface area contributed by atoms with E-state index in [0.717, 1.165) is 12.8 Å². The number of sulfone groups is 1. The van der Waals surface area contributed by atoms with Gasteiger partial charge < -0.3 is 5.32 Å². The minimum atomic E-state index is -3.16. The molecule has 20 heavy (non-hydrogen) atoms. The van der Waals surface area contributed by atoms with E-state index >= 15 is 0 Å². The molecule has 0 aliphatic carbocycles. The van der Waals surface area contributed by atoms with Crippen LogP contribution >= 0.6 is 11.3 Å². The Hall–Kier alpha value is -0.880. The molecule has 0 saturated heterocycles. The summed E-state index contributed by atoms with van der Waals surface area (Å²) in [6.45, 7) is 5.21. The van der Waals surface area contributed by atoms with Gasteiger partial charge in [0.25, 0.3) is 0 Å². The van der Waals surface area contributed by atoms with E-state index in [9.17, 15) is 13.2 Å². The lowest BCUT2D eigenvalue weighted by molar-refractivity contribution is -0.121. The lowest BCUT2D eigenvalue weighted by Crippen LogP contribution is -2.36. The maximum absolute atomic E-state index is 11.9. The number of carbonyl (C=O) groups excluding carboxylic acids is 1. The van der Waals surface area contributed by atoms with Crippen LogP contribution in [-0.4, -0.2) is 31.4 Å². The summed E-state index contributed by atoms with van der Waals surface area (Å²) in [4.78, 5) is 12.9. The van der Waals surface area contributed by atoms with Crippen LogP contribution in [-0.2, 0) is 21.1 Å². The van der Waals surface area contributed by atoms with E-state index in [0.29, 0.717) is 6.42 Å². The second kappa shape index (κ2) is 7.22. The molecule has 114 valence electrons. The molecule has 1 aromatic rings. The van der Waals surface area contributed by atoms with Gasteiger partial charge in [0.2, 0.25) is 5.91 Å². The van der Waals surface area contributed by atoms with Gasteiger partial charge in [0.1, 0.15) is 0 Å². The molecule has 1 amide bonds. The van der Waals surface area contributed by atoms with Gasteiger partial charge in [0.15, 0.2) is 9.84 Å². The number of carbonyl (C=O) groups is 1. The summed E-state index contributed by atoms with van der Waals surface area (Å²) in [7, 11) is -3.16. The van der Waals surface area contributed by atoms with Crippen molar-refractivity contribution in [3.63, 3.8) is 0 Å². The highest BCUT2D eigenvalue weighted by Crippen LogP contribution is 2.15. The maximum Gasteiger partial charge on any atom is 0.220 e. The lowest BCUT2D eigenvalue weighted by Gasteiger charge is -2.19. The Bertz CT molecular complexity index is 513. The Kier molecular flexibility index (Phi) is 6.20. The molecule has 1 rings (SSSR count). The van der Waals surface area contributed by atoms with Crippen LogP contribution in [0.25, 0.3) is 0 Å². The Balaban J connectivity index is 2.21. The molecule has 0 fully saturated rings. The average Bonchev–Trinajstić information content (AvgIpc) is 2.80. The monoisotopic (exact) mass is 317 g/mol. The molecule has 6 heteroatoms. The predicted octanol–water partition coefficient (Wildman–Crippen LogP) is 2.40. The van der Waals surface area contributed by atoms with Gasteiger partial charge in [-0.2, -0.15) is 0 Å². The van der Waals surface area contributed by atoms with Crippen LogP contribution in [0.4, 0.5) is 0 Å². The first-order valence-electron chi connectivity index (χ1n) is 6.74. The third-order valence-electron chi connectivity index (χ3n) is 3.03. The molecule has 0 aliphatic heterocycles. The summed E-state index contributed by atoms with van der Waals surface area (Å²) in [6.07, 6.45) is 2.12. The van der Waals surface area contributed by atoms with Crippen LogP contribution in [0, 0.1) is 0 Å². The van der Waals surface area contributed by atoms with E-state index in [1.807, 2.05) is 11.4 Å². The van der Waals surface area contributed by atoms with Gasteiger partial charge in [-0.25, -0.2) is 8.42 Å². The number of aryl methyl sites for hydroxylation is 1. The van der Waals surface area contributed by atoms with Crippen LogP contribution in [0.1, 0.15) is 38.5 Å². The van der Waals surface area contributed by atoms with Crippen molar-refractivity contribution in [2.45, 2.75) is 44.8 Å². The lowest BCUT2D eigenvalue weighted by atomic mass is 10.2. The van der Waals surface area contributed by atoms with Gasteiger partial charge in [-0.3, -0.25) is 4.79 Å². The molecule has 0 atom stereocenters. The molecule has 0 radical (unpaired) electrons.